The number of hydroxylamine groups is 1. The molecule has 0 saturated carbocycles. The molecule has 23 heavy (non-hydrogen) atoms. The topological polar surface area (TPSA) is 76.7 Å². The maximum absolute atomic E-state index is 11.5. The predicted molar refractivity (Wildman–Crippen MR) is 84.0 cm³/mol. The number of ether oxygens (including phenoxy) is 1. The minimum atomic E-state index is -0.672. The molecule has 6 nitrogen and oxygen atoms in total. The van der Waals surface area contributed by atoms with Gasteiger partial charge in [0.25, 0.3) is 0 Å². The van der Waals surface area contributed by atoms with Crippen molar-refractivity contribution in [2.45, 2.75) is 13.2 Å². The van der Waals surface area contributed by atoms with Gasteiger partial charge in [-0.05, 0) is 11.1 Å². The molecule has 0 unspecified atom stereocenters. The molecular weight excluding hydrogens is 296 g/mol. The standard InChI is InChI=1S/C17H18N2O4/c20-16(23-19-11-14-7-3-1-4-8-14)12-18-17(21)22-13-15-9-5-2-6-10-15/h1-10,19H,11-13H2,(H,18,21). The number of amides is 1. The van der Waals surface area contributed by atoms with E-state index >= 15 is 0 Å². The number of alkyl carbamates (subject to hydrolysis) is 1. The maximum Gasteiger partial charge on any atom is 0.407 e. The Labute approximate surface area is 134 Å². The third-order valence-electron chi connectivity index (χ3n) is 2.89. The summed E-state index contributed by atoms with van der Waals surface area (Å²) in [6.07, 6.45) is -0.672. The van der Waals surface area contributed by atoms with Crippen LogP contribution in [0.25, 0.3) is 0 Å². The minimum Gasteiger partial charge on any atom is -0.445 e. The van der Waals surface area contributed by atoms with E-state index in [9.17, 15) is 9.59 Å². The van der Waals surface area contributed by atoms with Crippen molar-refractivity contribution in [3.05, 3.63) is 71.8 Å². The van der Waals surface area contributed by atoms with Crippen LogP contribution >= 0.6 is 0 Å². The monoisotopic (exact) mass is 314 g/mol. The van der Waals surface area contributed by atoms with Crippen LogP contribution in [0, 0.1) is 0 Å². The van der Waals surface area contributed by atoms with E-state index in [1.807, 2.05) is 60.7 Å². The van der Waals surface area contributed by atoms with Crippen LogP contribution in [0.3, 0.4) is 0 Å². The van der Waals surface area contributed by atoms with E-state index in [0.29, 0.717) is 6.54 Å². The summed E-state index contributed by atoms with van der Waals surface area (Å²) >= 11 is 0. The molecule has 2 aromatic rings. The fraction of sp³-hybridized carbons (Fsp3) is 0.176. The quantitative estimate of drug-likeness (QED) is 0.766. The summed E-state index contributed by atoms with van der Waals surface area (Å²) in [7, 11) is 0. The third kappa shape index (κ3) is 6.62. The van der Waals surface area contributed by atoms with Crippen molar-refractivity contribution in [1.29, 1.82) is 0 Å². The number of carbonyl (C=O) groups excluding carboxylic acids is 2. The molecule has 0 atom stereocenters. The first-order chi connectivity index (χ1) is 11.2. The Hall–Kier alpha value is -2.86. The van der Waals surface area contributed by atoms with Gasteiger partial charge < -0.3 is 14.9 Å². The molecule has 0 radical (unpaired) electrons. The molecular formula is C17H18N2O4. The number of carbonyl (C=O) groups is 2. The van der Waals surface area contributed by atoms with Gasteiger partial charge in [-0.3, -0.25) is 0 Å². The summed E-state index contributed by atoms with van der Waals surface area (Å²) in [5, 5.41) is 2.33. The van der Waals surface area contributed by atoms with E-state index < -0.39 is 12.1 Å². The first kappa shape index (κ1) is 16.5. The van der Waals surface area contributed by atoms with Gasteiger partial charge in [-0.15, -0.1) is 5.48 Å². The lowest BCUT2D eigenvalue weighted by Gasteiger charge is -2.08. The zero-order chi connectivity index (χ0) is 16.3. The van der Waals surface area contributed by atoms with Crippen molar-refractivity contribution in [1.82, 2.24) is 10.8 Å². The molecule has 0 heterocycles. The lowest BCUT2D eigenvalue weighted by molar-refractivity contribution is -0.150. The Kier molecular flexibility index (Phi) is 6.62. The summed E-state index contributed by atoms with van der Waals surface area (Å²) in [5.41, 5.74) is 4.39. The highest BCUT2D eigenvalue weighted by Gasteiger charge is 2.07. The van der Waals surface area contributed by atoms with Gasteiger partial charge in [-0.1, -0.05) is 60.7 Å². The lowest BCUT2D eigenvalue weighted by Crippen LogP contribution is -2.33. The number of rotatable bonds is 7. The number of hydrogen-bond donors (Lipinski definition) is 2. The van der Waals surface area contributed by atoms with Crippen LogP contribution in [0.5, 0.6) is 0 Å². The van der Waals surface area contributed by atoms with Gasteiger partial charge in [0.15, 0.2) is 0 Å². The second-order valence-corrected chi connectivity index (χ2v) is 4.70. The molecule has 0 aliphatic carbocycles. The van der Waals surface area contributed by atoms with Crippen molar-refractivity contribution in [3.63, 3.8) is 0 Å². The molecule has 0 aromatic heterocycles. The van der Waals surface area contributed by atoms with Crippen molar-refractivity contribution < 1.29 is 19.2 Å². The van der Waals surface area contributed by atoms with Gasteiger partial charge in [0.1, 0.15) is 13.2 Å². The molecule has 120 valence electrons. The average molecular weight is 314 g/mol. The van der Waals surface area contributed by atoms with Gasteiger partial charge in [-0.2, -0.15) is 0 Å². The molecule has 2 rings (SSSR count). The van der Waals surface area contributed by atoms with Gasteiger partial charge in [0.05, 0.1) is 6.54 Å². The normalized spacial score (nSPS) is 9.91. The van der Waals surface area contributed by atoms with Crippen LogP contribution in [-0.2, 0) is 27.5 Å². The van der Waals surface area contributed by atoms with Crippen molar-refractivity contribution >= 4 is 12.1 Å². The molecule has 1 amide bonds. The summed E-state index contributed by atoms with van der Waals surface area (Å²) < 4.78 is 4.97. The zero-order valence-electron chi connectivity index (χ0n) is 12.5. The SMILES string of the molecule is O=C(CNC(=O)OCc1ccccc1)ONCc1ccccc1. The first-order valence-corrected chi connectivity index (χ1v) is 7.15. The molecule has 0 aliphatic rings. The Morgan fingerprint density at radius 1 is 0.870 bits per heavy atom. The average Bonchev–Trinajstić information content (AvgIpc) is 2.60. The Morgan fingerprint density at radius 3 is 2.13 bits per heavy atom. The molecule has 2 N–H and O–H groups in total. The first-order valence-electron chi connectivity index (χ1n) is 7.15. The van der Waals surface area contributed by atoms with Crippen LogP contribution < -0.4 is 10.8 Å². The molecule has 2 aromatic carbocycles. The Bertz CT molecular complexity index is 617. The van der Waals surface area contributed by atoms with E-state index in [1.165, 1.54) is 0 Å². The second-order valence-electron chi connectivity index (χ2n) is 4.70. The van der Waals surface area contributed by atoms with Crippen LogP contribution in [0.4, 0.5) is 4.79 Å². The molecule has 0 fully saturated rings. The second kappa shape index (κ2) is 9.22. The molecule has 0 aliphatic heterocycles. The van der Waals surface area contributed by atoms with Crippen LogP contribution in [0.2, 0.25) is 0 Å². The van der Waals surface area contributed by atoms with E-state index in [-0.39, 0.29) is 13.2 Å². The number of nitrogens with one attached hydrogen (secondary N) is 2. The largest absolute Gasteiger partial charge is 0.445 e. The van der Waals surface area contributed by atoms with E-state index in [1.54, 1.807) is 0 Å². The van der Waals surface area contributed by atoms with E-state index in [2.05, 4.69) is 10.8 Å². The Balaban J connectivity index is 1.57. The Morgan fingerprint density at radius 2 is 1.48 bits per heavy atom. The molecule has 6 heteroatoms. The lowest BCUT2D eigenvalue weighted by atomic mass is 10.2. The smallest absolute Gasteiger partial charge is 0.407 e. The highest BCUT2D eigenvalue weighted by atomic mass is 16.7. The fourth-order valence-electron chi connectivity index (χ4n) is 1.75. The summed E-state index contributed by atoms with van der Waals surface area (Å²) in [4.78, 5) is 27.7. The van der Waals surface area contributed by atoms with E-state index in [4.69, 9.17) is 9.57 Å². The van der Waals surface area contributed by atoms with E-state index in [0.717, 1.165) is 11.1 Å². The number of benzene rings is 2. The summed E-state index contributed by atoms with van der Waals surface area (Å²) in [6.45, 7) is 0.272. The predicted octanol–water partition coefficient (Wildman–Crippen LogP) is 2.16. The zero-order valence-corrected chi connectivity index (χ0v) is 12.5. The molecule has 0 spiro atoms. The number of hydrogen-bond acceptors (Lipinski definition) is 5. The minimum absolute atomic E-state index is 0.147. The van der Waals surface area contributed by atoms with Crippen molar-refractivity contribution in [2.24, 2.45) is 0 Å². The van der Waals surface area contributed by atoms with Crippen molar-refractivity contribution in [2.75, 3.05) is 6.54 Å². The molecule has 0 saturated heterocycles. The summed E-state index contributed by atoms with van der Waals surface area (Å²) in [5.74, 6) is -0.599. The van der Waals surface area contributed by atoms with Crippen LogP contribution in [0.1, 0.15) is 11.1 Å². The van der Waals surface area contributed by atoms with Gasteiger partial charge in [-0.25, -0.2) is 9.59 Å². The maximum atomic E-state index is 11.5. The van der Waals surface area contributed by atoms with Crippen molar-refractivity contribution in [3.8, 4) is 0 Å². The van der Waals surface area contributed by atoms with Crippen LogP contribution in [0.15, 0.2) is 60.7 Å². The highest BCUT2D eigenvalue weighted by Crippen LogP contribution is 2.00. The van der Waals surface area contributed by atoms with Gasteiger partial charge in [0, 0.05) is 0 Å². The third-order valence-corrected chi connectivity index (χ3v) is 2.89. The summed E-state index contributed by atoms with van der Waals surface area (Å²) in [6, 6.07) is 18.8. The fourth-order valence-corrected chi connectivity index (χ4v) is 1.75. The van der Waals surface area contributed by atoms with Crippen LogP contribution in [-0.4, -0.2) is 18.6 Å². The molecule has 0 bridgehead atoms. The van der Waals surface area contributed by atoms with Gasteiger partial charge >= 0.3 is 12.1 Å². The van der Waals surface area contributed by atoms with Gasteiger partial charge in [0.2, 0.25) is 0 Å². The highest BCUT2D eigenvalue weighted by molar-refractivity contribution is 5.77.